The van der Waals surface area contributed by atoms with Gasteiger partial charge in [-0.05, 0) is 56.2 Å². The number of anilines is 1. The first-order valence-corrected chi connectivity index (χ1v) is 8.70. The number of furan rings is 1. The molecule has 3 amide bonds. The molecule has 1 fully saturated rings. The zero-order valence-corrected chi connectivity index (χ0v) is 14.7. The predicted molar refractivity (Wildman–Crippen MR) is 97.1 cm³/mol. The van der Waals surface area contributed by atoms with Gasteiger partial charge in [-0.3, -0.25) is 4.79 Å². The Balaban J connectivity index is 1.44. The van der Waals surface area contributed by atoms with E-state index in [1.165, 1.54) is 0 Å². The Morgan fingerprint density at radius 1 is 1.12 bits per heavy atom. The molecule has 0 bridgehead atoms. The van der Waals surface area contributed by atoms with E-state index in [0.29, 0.717) is 30.1 Å². The van der Waals surface area contributed by atoms with Crippen LogP contribution < -0.4 is 16.0 Å². The van der Waals surface area contributed by atoms with Gasteiger partial charge in [-0.15, -0.1) is 0 Å². The van der Waals surface area contributed by atoms with E-state index in [1.807, 2.05) is 19.1 Å². The van der Waals surface area contributed by atoms with Gasteiger partial charge in [0.1, 0.15) is 11.5 Å². The van der Waals surface area contributed by atoms with Crippen molar-refractivity contribution in [2.75, 3.05) is 18.5 Å². The fourth-order valence-corrected chi connectivity index (χ4v) is 2.74. The number of nitrogens with one attached hydrogen (secondary N) is 3. The molecule has 1 atom stereocenters. The summed E-state index contributed by atoms with van der Waals surface area (Å²) < 4.78 is 10.9. The third kappa shape index (κ3) is 5.10. The molecule has 1 unspecified atom stereocenters. The Bertz CT molecular complexity index is 748. The molecule has 7 nitrogen and oxygen atoms in total. The lowest BCUT2D eigenvalue weighted by molar-refractivity contribution is 0.0858. The summed E-state index contributed by atoms with van der Waals surface area (Å²) >= 11 is 0. The zero-order chi connectivity index (χ0) is 18.4. The molecule has 1 aromatic heterocycles. The lowest BCUT2D eigenvalue weighted by Gasteiger charge is -2.11. The number of carbonyl (C=O) groups excluding carboxylic acids is 2. The summed E-state index contributed by atoms with van der Waals surface area (Å²) in [4.78, 5) is 24.0. The second kappa shape index (κ2) is 8.53. The van der Waals surface area contributed by atoms with E-state index in [-0.39, 0.29) is 18.0 Å². The summed E-state index contributed by atoms with van der Waals surface area (Å²) in [5.74, 6) is 1.34. The maximum atomic E-state index is 12.1. The number of urea groups is 1. The maximum absolute atomic E-state index is 12.1. The first-order valence-electron chi connectivity index (χ1n) is 8.70. The Labute approximate surface area is 152 Å². The summed E-state index contributed by atoms with van der Waals surface area (Å²) in [6, 6.07) is 10.1. The second-order valence-electron chi connectivity index (χ2n) is 6.24. The van der Waals surface area contributed by atoms with Gasteiger partial charge < -0.3 is 25.1 Å². The minimum absolute atomic E-state index is 0.113. The number of ether oxygens (including phenoxy) is 1. The van der Waals surface area contributed by atoms with Gasteiger partial charge in [-0.1, -0.05) is 0 Å². The largest absolute Gasteiger partial charge is 0.465 e. The minimum Gasteiger partial charge on any atom is -0.465 e. The highest BCUT2D eigenvalue weighted by Gasteiger charge is 2.16. The highest BCUT2D eigenvalue weighted by Crippen LogP contribution is 2.12. The summed E-state index contributed by atoms with van der Waals surface area (Å²) in [6.45, 7) is 3.45. The number of hydrogen-bond donors (Lipinski definition) is 3. The fourth-order valence-electron chi connectivity index (χ4n) is 2.74. The van der Waals surface area contributed by atoms with Crippen LogP contribution in [0.2, 0.25) is 0 Å². The number of aryl methyl sites for hydroxylation is 1. The maximum Gasteiger partial charge on any atom is 0.319 e. The highest BCUT2D eigenvalue weighted by molar-refractivity contribution is 5.95. The van der Waals surface area contributed by atoms with Crippen molar-refractivity contribution in [3.05, 3.63) is 53.5 Å². The smallest absolute Gasteiger partial charge is 0.319 e. The van der Waals surface area contributed by atoms with Crippen molar-refractivity contribution in [1.82, 2.24) is 10.6 Å². The normalized spacial score (nSPS) is 16.3. The number of rotatable bonds is 6. The molecular formula is C19H23N3O4. The summed E-state index contributed by atoms with van der Waals surface area (Å²) in [5.41, 5.74) is 1.15. The lowest BCUT2D eigenvalue weighted by Crippen LogP contribution is -2.31. The topological polar surface area (TPSA) is 92.6 Å². The van der Waals surface area contributed by atoms with E-state index in [0.717, 1.165) is 25.2 Å². The molecular weight excluding hydrogens is 334 g/mol. The molecule has 138 valence electrons. The van der Waals surface area contributed by atoms with Crippen LogP contribution in [-0.4, -0.2) is 31.2 Å². The molecule has 3 rings (SSSR count). The van der Waals surface area contributed by atoms with Crippen molar-refractivity contribution in [1.29, 1.82) is 0 Å². The second-order valence-corrected chi connectivity index (χ2v) is 6.24. The van der Waals surface area contributed by atoms with Crippen molar-refractivity contribution < 1.29 is 18.7 Å². The average molecular weight is 357 g/mol. The lowest BCUT2D eigenvalue weighted by atomic mass is 10.2. The summed E-state index contributed by atoms with van der Waals surface area (Å²) in [5, 5.41) is 8.30. The van der Waals surface area contributed by atoms with Gasteiger partial charge in [0.2, 0.25) is 0 Å². The molecule has 0 saturated carbocycles. The van der Waals surface area contributed by atoms with Crippen LogP contribution in [-0.2, 0) is 11.3 Å². The van der Waals surface area contributed by atoms with Gasteiger partial charge in [0.05, 0.1) is 12.6 Å². The number of carbonyl (C=O) groups is 2. The Hall–Kier alpha value is -2.80. The third-order valence-corrected chi connectivity index (χ3v) is 4.14. The van der Waals surface area contributed by atoms with Gasteiger partial charge in [-0.25, -0.2) is 4.79 Å². The molecule has 1 aliphatic rings. The van der Waals surface area contributed by atoms with E-state index >= 15 is 0 Å². The van der Waals surface area contributed by atoms with Crippen LogP contribution in [0.1, 0.15) is 34.7 Å². The highest BCUT2D eigenvalue weighted by atomic mass is 16.5. The van der Waals surface area contributed by atoms with E-state index < -0.39 is 0 Å². The van der Waals surface area contributed by atoms with Crippen LogP contribution in [0.25, 0.3) is 0 Å². The van der Waals surface area contributed by atoms with Crippen molar-refractivity contribution in [2.24, 2.45) is 0 Å². The molecule has 2 aromatic rings. The van der Waals surface area contributed by atoms with Gasteiger partial charge in [0.25, 0.3) is 5.91 Å². The van der Waals surface area contributed by atoms with E-state index in [4.69, 9.17) is 9.15 Å². The standard InChI is InChI=1S/C19H23N3O4/c1-13-4-9-17(26-13)12-21-19(24)22-15-7-5-14(6-8-15)18(23)20-11-16-3-2-10-25-16/h4-9,16H,2-3,10-12H2,1H3,(H,20,23)(H2,21,22,24). The SMILES string of the molecule is Cc1ccc(CNC(=O)Nc2ccc(C(=O)NCC3CCCO3)cc2)o1. The van der Waals surface area contributed by atoms with Gasteiger partial charge in [0.15, 0.2) is 0 Å². The molecule has 0 spiro atoms. The monoisotopic (exact) mass is 357 g/mol. The molecule has 1 aromatic carbocycles. The van der Waals surface area contributed by atoms with Crippen LogP contribution in [0.3, 0.4) is 0 Å². The van der Waals surface area contributed by atoms with Gasteiger partial charge in [-0.2, -0.15) is 0 Å². The molecule has 1 aliphatic heterocycles. The first kappa shape index (κ1) is 18.0. The molecule has 7 heteroatoms. The summed E-state index contributed by atoms with van der Waals surface area (Å²) in [6.07, 6.45) is 2.14. The van der Waals surface area contributed by atoms with Crippen molar-refractivity contribution in [2.45, 2.75) is 32.4 Å². The van der Waals surface area contributed by atoms with Crippen LogP contribution in [0.15, 0.2) is 40.8 Å². The molecule has 0 radical (unpaired) electrons. The van der Waals surface area contributed by atoms with Crippen molar-refractivity contribution >= 4 is 17.6 Å². The fraction of sp³-hybridized carbons (Fsp3) is 0.368. The number of hydrogen-bond acceptors (Lipinski definition) is 4. The van der Waals surface area contributed by atoms with Gasteiger partial charge >= 0.3 is 6.03 Å². The van der Waals surface area contributed by atoms with Gasteiger partial charge in [0, 0.05) is 24.4 Å². The average Bonchev–Trinajstić information content (AvgIpc) is 3.30. The number of benzene rings is 1. The molecule has 26 heavy (non-hydrogen) atoms. The third-order valence-electron chi connectivity index (χ3n) is 4.14. The first-order chi connectivity index (χ1) is 12.6. The summed E-state index contributed by atoms with van der Waals surface area (Å²) in [7, 11) is 0. The Morgan fingerprint density at radius 2 is 1.92 bits per heavy atom. The zero-order valence-electron chi connectivity index (χ0n) is 14.7. The van der Waals surface area contributed by atoms with Crippen LogP contribution >= 0.6 is 0 Å². The Kier molecular flexibility index (Phi) is 5.91. The quantitative estimate of drug-likeness (QED) is 0.741. The molecule has 0 aliphatic carbocycles. The Morgan fingerprint density at radius 3 is 2.58 bits per heavy atom. The van der Waals surface area contributed by atoms with Crippen LogP contribution in [0.4, 0.5) is 10.5 Å². The minimum atomic E-state index is -0.338. The van der Waals surface area contributed by atoms with E-state index in [2.05, 4.69) is 16.0 Å². The van der Waals surface area contributed by atoms with Crippen molar-refractivity contribution in [3.8, 4) is 0 Å². The predicted octanol–water partition coefficient (Wildman–Crippen LogP) is 2.82. The number of amides is 3. The van der Waals surface area contributed by atoms with E-state index in [9.17, 15) is 9.59 Å². The molecule has 2 heterocycles. The van der Waals surface area contributed by atoms with Crippen LogP contribution in [0.5, 0.6) is 0 Å². The van der Waals surface area contributed by atoms with Crippen LogP contribution in [0, 0.1) is 6.92 Å². The van der Waals surface area contributed by atoms with E-state index in [1.54, 1.807) is 24.3 Å². The molecule has 1 saturated heterocycles. The van der Waals surface area contributed by atoms with Crippen molar-refractivity contribution in [3.63, 3.8) is 0 Å². The molecule has 3 N–H and O–H groups in total.